The monoisotopic (exact) mass is 281 g/mol. The lowest BCUT2D eigenvalue weighted by Gasteiger charge is -2.02. The van der Waals surface area contributed by atoms with Gasteiger partial charge in [0.1, 0.15) is 5.82 Å². The third kappa shape index (κ3) is 2.19. The predicted octanol–water partition coefficient (Wildman–Crippen LogP) is 3.03. The summed E-state index contributed by atoms with van der Waals surface area (Å²) in [5, 5.41) is 9.85. The molecule has 0 saturated carbocycles. The molecule has 0 radical (unpaired) electrons. The van der Waals surface area contributed by atoms with Gasteiger partial charge in [-0.25, -0.2) is 18.7 Å². The van der Waals surface area contributed by atoms with Gasteiger partial charge in [-0.2, -0.15) is 5.10 Å². The van der Waals surface area contributed by atoms with Crippen LogP contribution < -0.4 is 5.32 Å². The molecule has 1 aromatic carbocycles. The van der Waals surface area contributed by atoms with E-state index in [0.29, 0.717) is 22.5 Å². The van der Waals surface area contributed by atoms with E-state index in [-0.39, 0.29) is 5.28 Å². The summed E-state index contributed by atoms with van der Waals surface area (Å²) in [7, 11) is 0. The van der Waals surface area contributed by atoms with Crippen molar-refractivity contribution < 1.29 is 8.78 Å². The van der Waals surface area contributed by atoms with Gasteiger partial charge in [0, 0.05) is 17.6 Å². The number of aromatic nitrogens is 4. The van der Waals surface area contributed by atoms with Crippen molar-refractivity contribution in [2.45, 2.75) is 0 Å². The molecular weight excluding hydrogens is 276 g/mol. The first-order chi connectivity index (χ1) is 9.13. The van der Waals surface area contributed by atoms with E-state index in [1.54, 1.807) is 6.07 Å². The van der Waals surface area contributed by atoms with Crippen LogP contribution in [0.5, 0.6) is 0 Å². The van der Waals surface area contributed by atoms with Gasteiger partial charge in [0.15, 0.2) is 17.5 Å². The zero-order chi connectivity index (χ0) is 13.4. The molecule has 2 heterocycles. The summed E-state index contributed by atoms with van der Waals surface area (Å²) < 4.78 is 26.3. The normalized spacial score (nSPS) is 10.9. The summed E-state index contributed by atoms with van der Waals surface area (Å²) in [6.45, 7) is 0. The molecule has 19 heavy (non-hydrogen) atoms. The summed E-state index contributed by atoms with van der Waals surface area (Å²) in [5.41, 5.74) is 0.376. The lowest BCUT2D eigenvalue weighted by atomic mass is 10.2. The molecule has 0 unspecified atom stereocenters. The minimum Gasteiger partial charge on any atom is -0.323 e. The van der Waals surface area contributed by atoms with Crippen LogP contribution in [0.25, 0.3) is 10.9 Å². The maximum Gasteiger partial charge on any atom is 0.224 e. The Bertz CT molecular complexity index is 758. The summed E-state index contributed by atoms with van der Waals surface area (Å²) >= 11 is 5.65. The topological polar surface area (TPSA) is 66.5 Å². The van der Waals surface area contributed by atoms with Crippen molar-refractivity contribution in [2.75, 3.05) is 5.32 Å². The zero-order valence-electron chi connectivity index (χ0n) is 9.28. The number of hydrogen-bond donors (Lipinski definition) is 2. The molecule has 96 valence electrons. The Morgan fingerprint density at radius 1 is 1.21 bits per heavy atom. The van der Waals surface area contributed by atoms with Crippen LogP contribution in [-0.4, -0.2) is 20.2 Å². The molecule has 8 heteroatoms. The van der Waals surface area contributed by atoms with Gasteiger partial charge in [-0.15, -0.1) is 0 Å². The van der Waals surface area contributed by atoms with E-state index in [2.05, 4.69) is 25.5 Å². The molecule has 2 N–H and O–H groups in total. The average Bonchev–Trinajstić information content (AvgIpc) is 2.73. The minimum absolute atomic E-state index is 0.0714. The lowest BCUT2D eigenvalue weighted by molar-refractivity contribution is 0.511. The number of rotatable bonds is 2. The molecule has 0 amide bonds. The Kier molecular flexibility index (Phi) is 2.75. The Hall–Kier alpha value is -2.28. The van der Waals surface area contributed by atoms with Crippen molar-refractivity contribution in [1.82, 2.24) is 20.2 Å². The van der Waals surface area contributed by atoms with Gasteiger partial charge in [-0.3, -0.25) is 5.10 Å². The van der Waals surface area contributed by atoms with Crippen molar-refractivity contribution in [3.8, 4) is 0 Å². The van der Waals surface area contributed by atoms with Crippen LogP contribution in [0.15, 0.2) is 24.4 Å². The number of nitrogens with zero attached hydrogens (tertiary/aromatic N) is 3. The van der Waals surface area contributed by atoms with E-state index in [1.807, 2.05) is 0 Å². The SMILES string of the molecule is Fc1cc2[nH]nc(Nc3ccnc(Cl)n3)c2cc1F. The fraction of sp³-hybridized carbons (Fsp3) is 0. The molecule has 5 nitrogen and oxygen atoms in total. The second-order valence-corrected chi connectivity index (χ2v) is 4.06. The molecule has 3 aromatic rings. The number of aromatic amines is 1. The molecule has 0 aliphatic carbocycles. The highest BCUT2D eigenvalue weighted by atomic mass is 35.5. The smallest absolute Gasteiger partial charge is 0.224 e. The number of fused-ring (bicyclic) bond motifs is 1. The maximum absolute atomic E-state index is 13.2. The summed E-state index contributed by atoms with van der Waals surface area (Å²) in [5.74, 6) is -1.16. The molecule has 0 fully saturated rings. The van der Waals surface area contributed by atoms with Crippen LogP contribution in [-0.2, 0) is 0 Å². The third-order valence-electron chi connectivity index (χ3n) is 2.48. The fourth-order valence-electron chi connectivity index (χ4n) is 1.63. The molecular formula is C11H6ClF2N5. The molecule has 0 bridgehead atoms. The lowest BCUT2D eigenvalue weighted by Crippen LogP contribution is -1.95. The highest BCUT2D eigenvalue weighted by Crippen LogP contribution is 2.25. The number of hydrogen-bond acceptors (Lipinski definition) is 4. The van der Waals surface area contributed by atoms with Gasteiger partial charge in [0.05, 0.1) is 5.52 Å². The van der Waals surface area contributed by atoms with Crippen molar-refractivity contribution in [3.63, 3.8) is 0 Å². The number of anilines is 2. The zero-order valence-corrected chi connectivity index (χ0v) is 10.0. The summed E-state index contributed by atoms with van der Waals surface area (Å²) in [4.78, 5) is 7.65. The van der Waals surface area contributed by atoms with Gasteiger partial charge >= 0.3 is 0 Å². The Morgan fingerprint density at radius 2 is 2.00 bits per heavy atom. The largest absolute Gasteiger partial charge is 0.323 e. The van der Waals surface area contributed by atoms with Gasteiger partial charge in [-0.1, -0.05) is 0 Å². The molecule has 2 aromatic heterocycles. The standard InChI is InChI=1S/C11H6ClF2N5/c12-11-15-2-1-9(17-11)16-10-5-3-6(13)7(14)4-8(5)18-19-10/h1-4H,(H2,15,16,17,18,19). The van der Waals surface area contributed by atoms with E-state index in [0.717, 1.165) is 12.1 Å². The van der Waals surface area contributed by atoms with Crippen LogP contribution in [0.4, 0.5) is 20.4 Å². The van der Waals surface area contributed by atoms with Crippen molar-refractivity contribution in [3.05, 3.63) is 41.3 Å². The van der Waals surface area contributed by atoms with E-state index in [9.17, 15) is 8.78 Å². The fourth-order valence-corrected chi connectivity index (χ4v) is 1.78. The van der Waals surface area contributed by atoms with Crippen LogP contribution in [0.3, 0.4) is 0 Å². The molecule has 3 rings (SSSR count). The molecule has 0 saturated heterocycles. The van der Waals surface area contributed by atoms with Crippen LogP contribution in [0, 0.1) is 11.6 Å². The predicted molar refractivity (Wildman–Crippen MR) is 66.3 cm³/mol. The second-order valence-electron chi connectivity index (χ2n) is 3.72. The van der Waals surface area contributed by atoms with E-state index in [4.69, 9.17) is 11.6 Å². The highest BCUT2D eigenvalue weighted by molar-refractivity contribution is 6.28. The number of benzene rings is 1. The number of nitrogens with one attached hydrogen (secondary N) is 2. The van der Waals surface area contributed by atoms with Gasteiger partial charge in [0.2, 0.25) is 5.28 Å². The minimum atomic E-state index is -0.947. The maximum atomic E-state index is 13.2. The van der Waals surface area contributed by atoms with Crippen LogP contribution in [0.1, 0.15) is 0 Å². The van der Waals surface area contributed by atoms with Crippen molar-refractivity contribution >= 4 is 34.1 Å². The van der Waals surface area contributed by atoms with Crippen LogP contribution in [0.2, 0.25) is 5.28 Å². The second kappa shape index (κ2) is 4.43. The molecule has 0 aliphatic rings. The van der Waals surface area contributed by atoms with Crippen LogP contribution >= 0.6 is 11.6 Å². The Morgan fingerprint density at radius 3 is 2.79 bits per heavy atom. The van der Waals surface area contributed by atoms with Crippen molar-refractivity contribution in [1.29, 1.82) is 0 Å². The van der Waals surface area contributed by atoms with E-state index >= 15 is 0 Å². The van der Waals surface area contributed by atoms with Gasteiger partial charge in [-0.05, 0) is 23.7 Å². The average molecular weight is 282 g/mol. The van der Waals surface area contributed by atoms with Gasteiger partial charge in [0.25, 0.3) is 0 Å². The highest BCUT2D eigenvalue weighted by Gasteiger charge is 2.11. The molecule has 0 aliphatic heterocycles. The first kappa shape index (κ1) is 11.8. The van der Waals surface area contributed by atoms with Crippen molar-refractivity contribution in [2.24, 2.45) is 0 Å². The number of H-pyrrole nitrogens is 1. The quantitative estimate of drug-likeness (QED) is 0.709. The third-order valence-corrected chi connectivity index (χ3v) is 2.66. The molecule has 0 spiro atoms. The first-order valence-electron chi connectivity index (χ1n) is 5.22. The Labute approximate surface area is 110 Å². The number of halogens is 3. The van der Waals surface area contributed by atoms with E-state index in [1.165, 1.54) is 6.20 Å². The Balaban J connectivity index is 2.04. The van der Waals surface area contributed by atoms with Gasteiger partial charge < -0.3 is 5.32 Å². The van der Waals surface area contributed by atoms with E-state index < -0.39 is 11.6 Å². The summed E-state index contributed by atoms with van der Waals surface area (Å²) in [6, 6.07) is 3.67. The molecule has 0 atom stereocenters. The first-order valence-corrected chi connectivity index (χ1v) is 5.60. The summed E-state index contributed by atoms with van der Waals surface area (Å²) in [6.07, 6.45) is 1.47.